The minimum Gasteiger partial charge on any atom is -0.488 e. The summed E-state index contributed by atoms with van der Waals surface area (Å²) in [6, 6.07) is 12.6. The van der Waals surface area contributed by atoms with Crippen LogP contribution in [-0.4, -0.2) is 32.3 Å². The molecule has 24 heavy (non-hydrogen) atoms. The van der Waals surface area contributed by atoms with Crippen molar-refractivity contribution in [3.05, 3.63) is 66.6 Å². The maximum absolute atomic E-state index is 5.80. The fourth-order valence-corrected chi connectivity index (χ4v) is 2.54. The second kappa shape index (κ2) is 9.96. The molecule has 1 aromatic carbocycles. The van der Waals surface area contributed by atoms with Gasteiger partial charge in [-0.05, 0) is 37.7 Å². The van der Waals surface area contributed by atoms with Gasteiger partial charge in [0.1, 0.15) is 17.6 Å². The Kier molecular flexibility index (Phi) is 7.59. The number of furan rings is 1. The first-order valence-corrected chi connectivity index (χ1v) is 8.50. The Bertz CT molecular complexity index is 570. The Labute approximate surface area is 144 Å². The number of rotatable bonds is 7. The van der Waals surface area contributed by atoms with E-state index in [0.29, 0.717) is 12.1 Å². The largest absolute Gasteiger partial charge is 0.488 e. The molecule has 1 aliphatic rings. The van der Waals surface area contributed by atoms with Crippen molar-refractivity contribution in [2.75, 3.05) is 20.1 Å². The molecule has 2 aromatic rings. The average molecular weight is 328 g/mol. The van der Waals surface area contributed by atoms with Gasteiger partial charge in [-0.15, -0.1) is 6.58 Å². The second-order valence-electron chi connectivity index (χ2n) is 5.87. The number of fused-ring (bicyclic) bond motifs is 1. The number of likely N-dealkylation sites (N-methyl/N-ethyl adjacent to an activating group) is 1. The van der Waals surface area contributed by atoms with Crippen LogP contribution in [0.5, 0.6) is 5.75 Å². The fraction of sp³-hybridized carbons (Fsp3) is 0.400. The molecule has 4 nitrogen and oxygen atoms in total. The van der Waals surface area contributed by atoms with Crippen LogP contribution in [0.4, 0.5) is 0 Å². The Morgan fingerprint density at radius 2 is 2.12 bits per heavy atom. The van der Waals surface area contributed by atoms with Gasteiger partial charge >= 0.3 is 0 Å². The molecule has 1 aromatic heterocycles. The molecule has 2 unspecified atom stereocenters. The van der Waals surface area contributed by atoms with Crippen molar-refractivity contribution in [3.8, 4) is 5.75 Å². The maximum Gasteiger partial charge on any atom is 0.123 e. The van der Waals surface area contributed by atoms with E-state index < -0.39 is 0 Å². The van der Waals surface area contributed by atoms with Crippen molar-refractivity contribution in [3.63, 3.8) is 0 Å². The third-order valence-electron chi connectivity index (χ3n) is 4.10. The van der Waals surface area contributed by atoms with Crippen LogP contribution in [-0.2, 0) is 12.8 Å². The molecule has 2 atom stereocenters. The van der Waals surface area contributed by atoms with E-state index in [1.807, 2.05) is 37.4 Å². The molecule has 0 spiro atoms. The summed E-state index contributed by atoms with van der Waals surface area (Å²) in [5, 5.41) is 6.41. The molecule has 1 aliphatic heterocycles. The van der Waals surface area contributed by atoms with Crippen molar-refractivity contribution in [2.24, 2.45) is 0 Å². The van der Waals surface area contributed by atoms with Gasteiger partial charge in [0.25, 0.3) is 0 Å². The fourth-order valence-electron chi connectivity index (χ4n) is 2.54. The SMILES string of the molecule is C=CCNCCc1ccco1.CNC(C)C1Cc2ccccc2O1. The maximum atomic E-state index is 5.80. The van der Waals surface area contributed by atoms with Crippen molar-refractivity contribution in [2.45, 2.75) is 31.9 Å². The molecule has 0 aliphatic carbocycles. The molecule has 3 rings (SSSR count). The normalized spacial score (nSPS) is 16.5. The molecule has 0 fully saturated rings. The highest BCUT2D eigenvalue weighted by atomic mass is 16.5. The molecule has 2 N–H and O–H groups in total. The quantitative estimate of drug-likeness (QED) is 0.605. The van der Waals surface area contributed by atoms with Crippen LogP contribution in [0.2, 0.25) is 0 Å². The van der Waals surface area contributed by atoms with Gasteiger partial charge in [-0.2, -0.15) is 0 Å². The molecule has 0 saturated heterocycles. The predicted molar refractivity (Wildman–Crippen MR) is 98.6 cm³/mol. The smallest absolute Gasteiger partial charge is 0.123 e. The monoisotopic (exact) mass is 328 g/mol. The molecule has 0 amide bonds. The van der Waals surface area contributed by atoms with Crippen LogP contribution in [0.15, 0.2) is 59.7 Å². The molecular formula is C20H28N2O2. The molecule has 130 valence electrons. The first-order chi connectivity index (χ1) is 11.7. The first-order valence-electron chi connectivity index (χ1n) is 8.50. The summed E-state index contributed by atoms with van der Waals surface area (Å²) in [5.41, 5.74) is 1.33. The highest BCUT2D eigenvalue weighted by Crippen LogP contribution is 2.29. The van der Waals surface area contributed by atoms with Gasteiger partial charge in [0, 0.05) is 32.0 Å². The highest BCUT2D eigenvalue weighted by Gasteiger charge is 2.26. The number of para-hydroxylation sites is 1. The van der Waals surface area contributed by atoms with Crippen molar-refractivity contribution in [1.29, 1.82) is 0 Å². The minimum atomic E-state index is 0.294. The van der Waals surface area contributed by atoms with Crippen LogP contribution >= 0.6 is 0 Å². The Morgan fingerprint density at radius 1 is 1.29 bits per heavy atom. The van der Waals surface area contributed by atoms with Gasteiger partial charge in [0.15, 0.2) is 0 Å². The number of hydrogen-bond donors (Lipinski definition) is 2. The Morgan fingerprint density at radius 3 is 2.79 bits per heavy atom. The zero-order valence-electron chi connectivity index (χ0n) is 14.6. The van der Waals surface area contributed by atoms with Crippen LogP contribution in [0.1, 0.15) is 18.2 Å². The zero-order chi connectivity index (χ0) is 17.2. The van der Waals surface area contributed by atoms with E-state index in [-0.39, 0.29) is 0 Å². The van der Waals surface area contributed by atoms with Gasteiger partial charge < -0.3 is 19.8 Å². The van der Waals surface area contributed by atoms with Gasteiger partial charge in [0.05, 0.1) is 6.26 Å². The van der Waals surface area contributed by atoms with Crippen molar-refractivity contribution in [1.82, 2.24) is 10.6 Å². The van der Waals surface area contributed by atoms with Crippen molar-refractivity contribution >= 4 is 0 Å². The van der Waals surface area contributed by atoms with E-state index in [1.165, 1.54) is 5.56 Å². The van der Waals surface area contributed by atoms with Gasteiger partial charge in [0.2, 0.25) is 0 Å². The summed E-state index contributed by atoms with van der Waals surface area (Å²) in [5.74, 6) is 2.08. The van der Waals surface area contributed by atoms with E-state index in [0.717, 1.165) is 37.4 Å². The van der Waals surface area contributed by atoms with Crippen LogP contribution in [0.3, 0.4) is 0 Å². The summed E-state index contributed by atoms with van der Waals surface area (Å²) in [6.07, 6.45) is 5.81. The van der Waals surface area contributed by atoms with Crippen LogP contribution < -0.4 is 15.4 Å². The average Bonchev–Trinajstić information content (AvgIpc) is 3.27. The third-order valence-corrected chi connectivity index (χ3v) is 4.10. The van der Waals surface area contributed by atoms with E-state index in [9.17, 15) is 0 Å². The van der Waals surface area contributed by atoms with E-state index in [4.69, 9.17) is 9.15 Å². The number of nitrogens with one attached hydrogen (secondary N) is 2. The summed E-state index contributed by atoms with van der Waals surface area (Å²) in [4.78, 5) is 0. The molecule has 2 heterocycles. The Hall–Kier alpha value is -2.04. The molecule has 0 bridgehead atoms. The first kappa shape index (κ1) is 18.3. The summed E-state index contributed by atoms with van der Waals surface area (Å²) in [7, 11) is 1.97. The van der Waals surface area contributed by atoms with Gasteiger partial charge in [-0.1, -0.05) is 24.3 Å². The summed E-state index contributed by atoms with van der Waals surface area (Å²) < 4.78 is 10.9. The van der Waals surface area contributed by atoms with Crippen LogP contribution in [0.25, 0.3) is 0 Å². The second-order valence-corrected chi connectivity index (χ2v) is 5.87. The predicted octanol–water partition coefficient (Wildman–Crippen LogP) is 3.20. The number of hydrogen-bond acceptors (Lipinski definition) is 4. The van der Waals surface area contributed by atoms with Crippen molar-refractivity contribution < 1.29 is 9.15 Å². The van der Waals surface area contributed by atoms with E-state index in [1.54, 1.807) is 6.26 Å². The molecule has 0 saturated carbocycles. The molecular weight excluding hydrogens is 300 g/mol. The molecule has 0 radical (unpaired) electrons. The number of benzene rings is 1. The Balaban J connectivity index is 0.000000177. The third kappa shape index (κ3) is 5.55. The lowest BCUT2D eigenvalue weighted by Crippen LogP contribution is -2.37. The lowest BCUT2D eigenvalue weighted by molar-refractivity contribution is 0.191. The van der Waals surface area contributed by atoms with Crippen LogP contribution in [0, 0.1) is 0 Å². The van der Waals surface area contributed by atoms with E-state index >= 15 is 0 Å². The van der Waals surface area contributed by atoms with Gasteiger partial charge in [-0.25, -0.2) is 0 Å². The summed E-state index contributed by atoms with van der Waals surface area (Å²) >= 11 is 0. The van der Waals surface area contributed by atoms with Gasteiger partial charge in [-0.3, -0.25) is 0 Å². The topological polar surface area (TPSA) is 46.4 Å². The summed E-state index contributed by atoms with van der Waals surface area (Å²) in [6.45, 7) is 7.56. The van der Waals surface area contributed by atoms with E-state index in [2.05, 4.69) is 36.3 Å². The standard InChI is InChI=1S/C11H15NO.C9H13NO/c1-8(12-2)11-7-9-5-3-4-6-10(9)13-11;1-2-6-10-7-5-9-4-3-8-11-9/h3-6,8,11-12H,7H2,1-2H3;2-4,8,10H,1,5-7H2. The lowest BCUT2D eigenvalue weighted by atomic mass is 10.1. The highest BCUT2D eigenvalue weighted by molar-refractivity contribution is 5.37. The zero-order valence-corrected chi connectivity index (χ0v) is 14.6. The number of ether oxygens (including phenoxy) is 1. The molecule has 4 heteroatoms. The lowest BCUT2D eigenvalue weighted by Gasteiger charge is -2.17. The minimum absolute atomic E-state index is 0.294.